The fourth-order valence-corrected chi connectivity index (χ4v) is 3.34. The number of nitrogens with one attached hydrogen (secondary N) is 1. The molecule has 1 N–H and O–H groups in total. The average Bonchev–Trinajstić information content (AvgIpc) is 2.39. The molecule has 0 bridgehead atoms. The largest absolute Gasteiger partial charge is 0.374 e. The smallest absolute Gasteiger partial charge is 0.0897 e. The number of rotatable bonds is 4. The Morgan fingerprint density at radius 3 is 2.75 bits per heavy atom. The van der Waals surface area contributed by atoms with Crippen molar-refractivity contribution >= 4 is 23.2 Å². The van der Waals surface area contributed by atoms with Crippen LogP contribution in [0, 0.1) is 0 Å². The summed E-state index contributed by atoms with van der Waals surface area (Å²) in [5.41, 5.74) is 1.09. The van der Waals surface area contributed by atoms with Gasteiger partial charge < -0.3 is 10.1 Å². The lowest BCUT2D eigenvalue weighted by molar-refractivity contribution is -0.0815. The van der Waals surface area contributed by atoms with Crippen LogP contribution in [0.5, 0.6) is 0 Å². The van der Waals surface area contributed by atoms with Crippen LogP contribution in [0.15, 0.2) is 18.2 Å². The molecule has 2 unspecified atom stereocenters. The van der Waals surface area contributed by atoms with E-state index in [1.165, 1.54) is 0 Å². The standard InChI is InChI=1S/C15H22Cl2N2O/c1-10(2)19-6-7-20-14(9-18-3)15(19)12-5-4-11(16)8-13(12)17/h4-5,8,10,14-15,18H,6-7,9H2,1-3H3. The average molecular weight is 317 g/mol. The zero-order valence-electron chi connectivity index (χ0n) is 12.2. The van der Waals surface area contributed by atoms with Crippen molar-refractivity contribution in [1.29, 1.82) is 0 Å². The van der Waals surface area contributed by atoms with Gasteiger partial charge >= 0.3 is 0 Å². The quantitative estimate of drug-likeness (QED) is 0.921. The molecule has 1 fully saturated rings. The number of hydrogen-bond donors (Lipinski definition) is 1. The molecule has 1 aromatic rings. The molecule has 0 radical (unpaired) electrons. The van der Waals surface area contributed by atoms with E-state index < -0.39 is 0 Å². The molecule has 2 atom stereocenters. The van der Waals surface area contributed by atoms with Crippen molar-refractivity contribution in [2.45, 2.75) is 32.0 Å². The van der Waals surface area contributed by atoms with E-state index in [4.69, 9.17) is 27.9 Å². The zero-order valence-corrected chi connectivity index (χ0v) is 13.7. The van der Waals surface area contributed by atoms with Crippen molar-refractivity contribution in [3.8, 4) is 0 Å². The predicted octanol–water partition coefficient (Wildman–Crippen LogP) is 3.36. The minimum atomic E-state index is 0.0924. The summed E-state index contributed by atoms with van der Waals surface area (Å²) in [7, 11) is 1.94. The summed E-state index contributed by atoms with van der Waals surface area (Å²) in [6, 6.07) is 6.31. The molecule has 1 aromatic carbocycles. The fraction of sp³-hybridized carbons (Fsp3) is 0.600. The van der Waals surface area contributed by atoms with Gasteiger partial charge in [-0.3, -0.25) is 4.90 Å². The highest BCUT2D eigenvalue weighted by atomic mass is 35.5. The fourth-order valence-electron chi connectivity index (χ4n) is 2.82. The van der Waals surface area contributed by atoms with Crippen molar-refractivity contribution in [1.82, 2.24) is 10.2 Å². The number of ether oxygens (including phenoxy) is 1. The summed E-state index contributed by atoms with van der Waals surface area (Å²) in [4.78, 5) is 2.45. The molecule has 20 heavy (non-hydrogen) atoms. The Balaban J connectivity index is 2.37. The summed E-state index contributed by atoms with van der Waals surface area (Å²) in [6.45, 7) is 6.89. The van der Waals surface area contributed by atoms with Gasteiger partial charge in [0.25, 0.3) is 0 Å². The minimum absolute atomic E-state index is 0.0924. The van der Waals surface area contributed by atoms with Crippen molar-refractivity contribution in [3.63, 3.8) is 0 Å². The van der Waals surface area contributed by atoms with Gasteiger partial charge in [0, 0.05) is 29.2 Å². The molecule has 0 amide bonds. The van der Waals surface area contributed by atoms with E-state index in [9.17, 15) is 0 Å². The molecular formula is C15H22Cl2N2O. The second kappa shape index (κ2) is 7.10. The first kappa shape index (κ1) is 16.1. The summed E-state index contributed by atoms with van der Waals surface area (Å²) in [5.74, 6) is 0. The SMILES string of the molecule is CNCC1OCCN(C(C)C)C1c1ccc(Cl)cc1Cl. The van der Waals surface area contributed by atoms with E-state index in [1.807, 2.05) is 25.2 Å². The Morgan fingerprint density at radius 1 is 1.40 bits per heavy atom. The Hall–Kier alpha value is -0.320. The molecule has 1 aliphatic heterocycles. The van der Waals surface area contributed by atoms with Crippen LogP contribution >= 0.6 is 23.2 Å². The maximum atomic E-state index is 6.41. The number of hydrogen-bond acceptors (Lipinski definition) is 3. The molecule has 5 heteroatoms. The van der Waals surface area contributed by atoms with Crippen LogP contribution in [-0.4, -0.2) is 43.8 Å². The highest BCUT2D eigenvalue weighted by molar-refractivity contribution is 6.35. The van der Waals surface area contributed by atoms with E-state index >= 15 is 0 Å². The van der Waals surface area contributed by atoms with Crippen LogP contribution in [0.2, 0.25) is 10.0 Å². The molecule has 1 saturated heterocycles. The topological polar surface area (TPSA) is 24.5 Å². The minimum Gasteiger partial charge on any atom is -0.374 e. The van der Waals surface area contributed by atoms with Crippen LogP contribution in [0.1, 0.15) is 25.5 Å². The van der Waals surface area contributed by atoms with E-state index in [0.717, 1.165) is 25.3 Å². The molecule has 0 aromatic heterocycles. The van der Waals surface area contributed by atoms with E-state index in [1.54, 1.807) is 0 Å². The van der Waals surface area contributed by atoms with Gasteiger partial charge in [-0.05, 0) is 38.6 Å². The highest BCUT2D eigenvalue weighted by Gasteiger charge is 2.35. The third kappa shape index (κ3) is 3.46. The summed E-state index contributed by atoms with van der Waals surface area (Å²) in [6.07, 6.45) is 0.0924. The predicted molar refractivity (Wildman–Crippen MR) is 84.7 cm³/mol. The lowest BCUT2D eigenvalue weighted by atomic mass is 9.96. The maximum absolute atomic E-state index is 6.41. The van der Waals surface area contributed by atoms with Gasteiger partial charge in [-0.1, -0.05) is 29.3 Å². The molecule has 0 aliphatic carbocycles. The van der Waals surface area contributed by atoms with Crippen LogP contribution in [0.25, 0.3) is 0 Å². The molecule has 1 aliphatic rings. The summed E-state index contributed by atoms with van der Waals surface area (Å²) >= 11 is 12.4. The third-order valence-electron chi connectivity index (χ3n) is 3.74. The van der Waals surface area contributed by atoms with E-state index in [2.05, 4.69) is 24.1 Å². The Labute approximate surface area is 131 Å². The van der Waals surface area contributed by atoms with Crippen molar-refractivity contribution in [3.05, 3.63) is 33.8 Å². The van der Waals surface area contributed by atoms with Crippen molar-refractivity contribution in [2.24, 2.45) is 0 Å². The maximum Gasteiger partial charge on any atom is 0.0897 e. The molecule has 2 rings (SSSR count). The van der Waals surface area contributed by atoms with Crippen LogP contribution in [-0.2, 0) is 4.74 Å². The number of halogens is 2. The number of nitrogens with zero attached hydrogens (tertiary/aromatic N) is 1. The second-order valence-electron chi connectivity index (χ2n) is 5.41. The molecule has 1 heterocycles. The second-order valence-corrected chi connectivity index (χ2v) is 6.25. The molecule has 0 spiro atoms. The van der Waals surface area contributed by atoms with Gasteiger partial charge in [0.2, 0.25) is 0 Å². The lowest BCUT2D eigenvalue weighted by Crippen LogP contribution is -2.51. The Bertz CT molecular complexity index is 451. The first-order valence-electron chi connectivity index (χ1n) is 7.01. The van der Waals surface area contributed by atoms with Crippen LogP contribution < -0.4 is 5.32 Å². The monoisotopic (exact) mass is 316 g/mol. The first-order chi connectivity index (χ1) is 9.54. The van der Waals surface area contributed by atoms with Crippen molar-refractivity contribution in [2.75, 3.05) is 26.7 Å². The molecular weight excluding hydrogens is 295 g/mol. The van der Waals surface area contributed by atoms with Crippen LogP contribution in [0.3, 0.4) is 0 Å². The lowest BCUT2D eigenvalue weighted by Gasteiger charge is -2.44. The summed E-state index contributed by atoms with van der Waals surface area (Å²) < 4.78 is 5.96. The molecule has 0 saturated carbocycles. The number of benzene rings is 1. The Kier molecular flexibility index (Phi) is 5.70. The van der Waals surface area contributed by atoms with E-state index in [-0.39, 0.29) is 12.1 Å². The molecule has 112 valence electrons. The van der Waals surface area contributed by atoms with Gasteiger partial charge in [-0.15, -0.1) is 0 Å². The normalized spacial score (nSPS) is 24.3. The molecule has 3 nitrogen and oxygen atoms in total. The summed E-state index contributed by atoms with van der Waals surface area (Å²) in [5, 5.41) is 4.58. The highest BCUT2D eigenvalue weighted by Crippen LogP contribution is 2.36. The van der Waals surface area contributed by atoms with Gasteiger partial charge in [0.15, 0.2) is 0 Å². The Morgan fingerprint density at radius 2 is 2.15 bits per heavy atom. The van der Waals surface area contributed by atoms with Crippen molar-refractivity contribution < 1.29 is 4.74 Å². The van der Waals surface area contributed by atoms with Gasteiger partial charge in [-0.25, -0.2) is 0 Å². The van der Waals surface area contributed by atoms with Gasteiger partial charge in [0.1, 0.15) is 0 Å². The third-order valence-corrected chi connectivity index (χ3v) is 4.30. The van der Waals surface area contributed by atoms with Gasteiger partial charge in [0.05, 0.1) is 18.8 Å². The zero-order chi connectivity index (χ0) is 14.7. The number of likely N-dealkylation sites (N-methyl/N-ethyl adjacent to an activating group) is 1. The van der Waals surface area contributed by atoms with Crippen LogP contribution in [0.4, 0.5) is 0 Å². The number of morpholine rings is 1. The first-order valence-corrected chi connectivity index (χ1v) is 7.77. The van der Waals surface area contributed by atoms with E-state index in [0.29, 0.717) is 16.1 Å². The van der Waals surface area contributed by atoms with Gasteiger partial charge in [-0.2, -0.15) is 0 Å².